The van der Waals surface area contributed by atoms with Crippen molar-refractivity contribution >= 4 is 5.97 Å². The van der Waals surface area contributed by atoms with E-state index in [1.165, 1.54) is 0 Å². The average molecular weight is 296 g/mol. The van der Waals surface area contributed by atoms with Crippen LogP contribution >= 0.6 is 0 Å². The number of likely N-dealkylation sites (tertiary alicyclic amines) is 1. The monoisotopic (exact) mass is 296 g/mol. The standard InChI is InChI=1S/C13H23F3N2O2/c1-9(7-12(2,17-3)11(19)20)18-6-4-5-10(8-18)13(14,15)16/h9-10,17H,4-8H2,1-3H3,(H,19,20). The van der Waals surface area contributed by atoms with Crippen molar-refractivity contribution in [2.75, 3.05) is 20.1 Å². The van der Waals surface area contributed by atoms with Gasteiger partial charge in [0.2, 0.25) is 0 Å². The molecule has 0 saturated carbocycles. The second kappa shape index (κ2) is 6.30. The smallest absolute Gasteiger partial charge is 0.393 e. The van der Waals surface area contributed by atoms with Crippen LogP contribution in [-0.2, 0) is 4.79 Å². The first-order chi connectivity index (χ1) is 9.10. The molecule has 2 N–H and O–H groups in total. The van der Waals surface area contributed by atoms with E-state index in [1.807, 2.05) is 0 Å². The lowest BCUT2D eigenvalue weighted by Gasteiger charge is -2.40. The molecule has 20 heavy (non-hydrogen) atoms. The summed E-state index contributed by atoms with van der Waals surface area (Å²) >= 11 is 0. The fourth-order valence-electron chi connectivity index (χ4n) is 2.69. The molecule has 1 aliphatic rings. The van der Waals surface area contributed by atoms with Crippen LogP contribution in [0.5, 0.6) is 0 Å². The zero-order valence-electron chi connectivity index (χ0n) is 12.1. The number of carbonyl (C=O) groups is 1. The highest BCUT2D eigenvalue weighted by Gasteiger charge is 2.43. The molecular formula is C13H23F3N2O2. The Morgan fingerprint density at radius 1 is 1.50 bits per heavy atom. The van der Waals surface area contributed by atoms with Crippen LogP contribution in [0.3, 0.4) is 0 Å². The van der Waals surface area contributed by atoms with E-state index < -0.39 is 23.6 Å². The molecule has 4 nitrogen and oxygen atoms in total. The van der Waals surface area contributed by atoms with Gasteiger partial charge in [0.15, 0.2) is 0 Å². The molecule has 1 rings (SSSR count). The highest BCUT2D eigenvalue weighted by Crippen LogP contribution is 2.34. The largest absolute Gasteiger partial charge is 0.480 e. The van der Waals surface area contributed by atoms with Gasteiger partial charge in [-0.1, -0.05) is 0 Å². The minimum atomic E-state index is -4.17. The third kappa shape index (κ3) is 4.09. The summed E-state index contributed by atoms with van der Waals surface area (Å²) in [6.07, 6.45) is -3.24. The Hall–Kier alpha value is -0.820. The summed E-state index contributed by atoms with van der Waals surface area (Å²) in [5.41, 5.74) is -1.12. The third-order valence-corrected chi connectivity index (χ3v) is 4.27. The van der Waals surface area contributed by atoms with E-state index in [1.54, 1.807) is 25.8 Å². The number of likely N-dealkylation sites (N-methyl/N-ethyl adjacent to an activating group) is 1. The van der Waals surface area contributed by atoms with Gasteiger partial charge >= 0.3 is 12.1 Å². The van der Waals surface area contributed by atoms with Gasteiger partial charge in [-0.2, -0.15) is 13.2 Å². The summed E-state index contributed by atoms with van der Waals surface area (Å²) in [7, 11) is 1.55. The Kier molecular flexibility index (Phi) is 5.43. The van der Waals surface area contributed by atoms with Crippen LogP contribution in [0.2, 0.25) is 0 Å². The molecule has 0 aromatic heterocycles. The molecule has 0 aliphatic carbocycles. The number of alkyl halides is 3. The van der Waals surface area contributed by atoms with Crippen molar-refractivity contribution < 1.29 is 23.1 Å². The van der Waals surface area contributed by atoms with Crippen molar-refractivity contribution in [2.24, 2.45) is 5.92 Å². The van der Waals surface area contributed by atoms with Crippen molar-refractivity contribution in [1.29, 1.82) is 0 Å². The van der Waals surface area contributed by atoms with Crippen molar-refractivity contribution in [3.63, 3.8) is 0 Å². The first-order valence-electron chi connectivity index (χ1n) is 6.83. The van der Waals surface area contributed by atoms with Gasteiger partial charge < -0.3 is 10.4 Å². The first kappa shape index (κ1) is 17.2. The lowest BCUT2D eigenvalue weighted by atomic mass is 9.90. The number of carboxylic acid groups (broad SMARTS) is 1. The molecular weight excluding hydrogens is 273 g/mol. The summed E-state index contributed by atoms with van der Waals surface area (Å²) in [5.74, 6) is -2.29. The van der Waals surface area contributed by atoms with E-state index in [0.29, 0.717) is 13.0 Å². The van der Waals surface area contributed by atoms with Gasteiger partial charge in [-0.15, -0.1) is 0 Å². The Bertz CT molecular complexity index is 349. The van der Waals surface area contributed by atoms with Crippen molar-refractivity contribution in [2.45, 2.75) is 50.9 Å². The number of rotatable bonds is 5. The summed E-state index contributed by atoms with van der Waals surface area (Å²) in [4.78, 5) is 13.0. The molecule has 3 unspecified atom stereocenters. The summed E-state index contributed by atoms with van der Waals surface area (Å²) < 4.78 is 38.3. The average Bonchev–Trinajstić information content (AvgIpc) is 2.37. The minimum absolute atomic E-state index is 0.0376. The molecule has 3 atom stereocenters. The number of halogens is 3. The maximum absolute atomic E-state index is 12.8. The van der Waals surface area contributed by atoms with Crippen molar-refractivity contribution in [1.82, 2.24) is 10.2 Å². The number of hydrogen-bond donors (Lipinski definition) is 2. The molecule has 0 spiro atoms. The van der Waals surface area contributed by atoms with Gasteiger partial charge in [0.05, 0.1) is 5.92 Å². The van der Waals surface area contributed by atoms with Crippen LogP contribution in [-0.4, -0.2) is 53.9 Å². The number of aliphatic carboxylic acids is 1. The highest BCUT2D eigenvalue weighted by molar-refractivity contribution is 5.78. The topological polar surface area (TPSA) is 52.6 Å². The van der Waals surface area contributed by atoms with Gasteiger partial charge in [0.25, 0.3) is 0 Å². The molecule has 0 bridgehead atoms. The Morgan fingerprint density at radius 2 is 2.10 bits per heavy atom. The Labute approximate surface area is 117 Å². The van der Waals surface area contributed by atoms with Gasteiger partial charge in [0.1, 0.15) is 5.54 Å². The number of hydrogen-bond acceptors (Lipinski definition) is 3. The van der Waals surface area contributed by atoms with Crippen molar-refractivity contribution in [3.05, 3.63) is 0 Å². The van der Waals surface area contributed by atoms with Crippen LogP contribution in [0.4, 0.5) is 13.2 Å². The molecule has 1 fully saturated rings. The molecule has 0 aromatic carbocycles. The summed E-state index contributed by atoms with van der Waals surface area (Å²) in [5, 5.41) is 11.9. The lowest BCUT2D eigenvalue weighted by molar-refractivity contribution is -0.188. The van der Waals surface area contributed by atoms with E-state index in [2.05, 4.69) is 5.32 Å². The third-order valence-electron chi connectivity index (χ3n) is 4.27. The zero-order chi connectivity index (χ0) is 15.6. The highest BCUT2D eigenvalue weighted by atomic mass is 19.4. The maximum atomic E-state index is 12.8. The van der Waals surface area contributed by atoms with Crippen LogP contribution in [0.15, 0.2) is 0 Å². The normalized spacial score (nSPS) is 26.0. The van der Waals surface area contributed by atoms with Crippen LogP contribution in [0.25, 0.3) is 0 Å². The minimum Gasteiger partial charge on any atom is -0.480 e. The number of nitrogens with zero attached hydrogens (tertiary/aromatic N) is 1. The van der Waals surface area contributed by atoms with Crippen LogP contribution in [0, 0.1) is 5.92 Å². The van der Waals surface area contributed by atoms with Gasteiger partial charge in [0, 0.05) is 12.6 Å². The van der Waals surface area contributed by atoms with E-state index in [-0.39, 0.29) is 25.4 Å². The predicted octanol–water partition coefficient (Wildman–Crippen LogP) is 2.10. The molecule has 0 aromatic rings. The number of carboxylic acids is 1. The Balaban J connectivity index is 2.68. The predicted molar refractivity (Wildman–Crippen MR) is 69.5 cm³/mol. The van der Waals surface area contributed by atoms with Gasteiger partial charge in [-0.05, 0) is 46.7 Å². The molecule has 0 amide bonds. The lowest BCUT2D eigenvalue weighted by Crippen LogP contribution is -2.54. The van der Waals surface area contributed by atoms with E-state index in [4.69, 9.17) is 0 Å². The second-order valence-corrected chi connectivity index (χ2v) is 5.82. The zero-order valence-corrected chi connectivity index (χ0v) is 12.1. The SMILES string of the molecule is CNC(C)(CC(C)N1CCCC(C(F)(F)F)C1)C(=O)O. The molecule has 118 valence electrons. The molecule has 1 aliphatic heterocycles. The maximum Gasteiger partial charge on any atom is 0.393 e. The molecule has 0 radical (unpaired) electrons. The van der Waals surface area contributed by atoms with E-state index in [9.17, 15) is 23.1 Å². The number of nitrogens with one attached hydrogen (secondary N) is 1. The van der Waals surface area contributed by atoms with Gasteiger partial charge in [-0.3, -0.25) is 9.69 Å². The fraction of sp³-hybridized carbons (Fsp3) is 0.923. The summed E-state index contributed by atoms with van der Waals surface area (Å²) in [6.45, 7) is 3.89. The molecule has 1 saturated heterocycles. The Morgan fingerprint density at radius 3 is 2.55 bits per heavy atom. The summed E-state index contributed by atoms with van der Waals surface area (Å²) in [6, 6.07) is -0.214. The second-order valence-electron chi connectivity index (χ2n) is 5.82. The fourth-order valence-corrected chi connectivity index (χ4v) is 2.69. The molecule has 7 heteroatoms. The van der Waals surface area contributed by atoms with E-state index >= 15 is 0 Å². The van der Waals surface area contributed by atoms with Crippen molar-refractivity contribution in [3.8, 4) is 0 Å². The first-order valence-corrected chi connectivity index (χ1v) is 6.83. The molecule has 1 heterocycles. The van der Waals surface area contributed by atoms with Crippen LogP contribution in [0.1, 0.15) is 33.1 Å². The van der Waals surface area contributed by atoms with E-state index in [0.717, 1.165) is 0 Å². The van der Waals surface area contributed by atoms with Gasteiger partial charge in [-0.25, -0.2) is 0 Å². The number of piperidine rings is 1. The quantitative estimate of drug-likeness (QED) is 0.816. The van der Waals surface area contributed by atoms with Crippen LogP contribution < -0.4 is 5.32 Å².